The van der Waals surface area contributed by atoms with Crippen LogP contribution in [0.4, 0.5) is 0 Å². The highest BCUT2D eigenvalue weighted by atomic mass is 16.4. The maximum absolute atomic E-state index is 12.2. The molecule has 0 atom stereocenters. The van der Waals surface area contributed by atoms with Crippen LogP contribution in [0.25, 0.3) is 11.0 Å². The van der Waals surface area contributed by atoms with Crippen molar-refractivity contribution in [3.8, 4) is 0 Å². The van der Waals surface area contributed by atoms with Crippen LogP contribution < -0.4 is 5.56 Å². The third kappa shape index (κ3) is 3.08. The van der Waals surface area contributed by atoms with E-state index in [0.29, 0.717) is 17.6 Å². The van der Waals surface area contributed by atoms with E-state index in [9.17, 15) is 9.59 Å². The third-order valence-electron chi connectivity index (χ3n) is 4.04. The third-order valence-corrected chi connectivity index (χ3v) is 4.04. The van der Waals surface area contributed by atoms with E-state index in [1.165, 1.54) is 0 Å². The second kappa shape index (κ2) is 6.70. The van der Waals surface area contributed by atoms with Crippen LogP contribution in [0, 0.1) is 0 Å². The molecule has 2 heterocycles. The van der Waals surface area contributed by atoms with E-state index in [0.717, 1.165) is 30.7 Å². The first kappa shape index (κ1) is 16.0. The maximum atomic E-state index is 12.2. The molecule has 0 aliphatic carbocycles. The van der Waals surface area contributed by atoms with Gasteiger partial charge in [0.2, 0.25) is 0 Å². The zero-order valence-electron chi connectivity index (χ0n) is 13.5. The van der Waals surface area contributed by atoms with Crippen LogP contribution in [0.5, 0.6) is 0 Å². The fraction of sp³-hybridized carbons (Fsp3) is 0.278. The predicted molar refractivity (Wildman–Crippen MR) is 91.5 cm³/mol. The summed E-state index contributed by atoms with van der Waals surface area (Å²) >= 11 is 0. The molecule has 0 aliphatic rings. The minimum atomic E-state index is -0.949. The molecule has 0 bridgehead atoms. The number of imidazole rings is 1. The maximum Gasteiger partial charge on any atom is 0.335 e. The van der Waals surface area contributed by atoms with Crippen LogP contribution in [0.15, 0.2) is 41.3 Å². The van der Waals surface area contributed by atoms with Crippen LogP contribution in [0.1, 0.15) is 41.5 Å². The minimum Gasteiger partial charge on any atom is -0.478 e. The number of aromatic carboxylic acids is 1. The Hall–Kier alpha value is -2.89. The molecule has 6 nitrogen and oxygen atoms in total. The summed E-state index contributed by atoms with van der Waals surface area (Å²) < 4.78 is 1.93. The van der Waals surface area contributed by atoms with Crippen molar-refractivity contribution in [2.24, 2.45) is 0 Å². The van der Waals surface area contributed by atoms with Crippen molar-refractivity contribution in [1.29, 1.82) is 0 Å². The molecule has 0 saturated heterocycles. The standard InChI is InChI=1S/C18H19N3O3/c1-2-3-4-15-20-14-9-10-19-17(22)16(14)21(15)11-12-5-7-13(8-6-12)18(23)24/h5-10H,2-4,11H2,1H3,(H,19,22)(H,23,24). The number of carboxylic acid groups (broad SMARTS) is 1. The predicted octanol–water partition coefficient (Wildman–Crippen LogP) is 2.81. The average molecular weight is 325 g/mol. The molecule has 24 heavy (non-hydrogen) atoms. The lowest BCUT2D eigenvalue weighted by atomic mass is 10.1. The van der Waals surface area contributed by atoms with Gasteiger partial charge in [0, 0.05) is 19.2 Å². The van der Waals surface area contributed by atoms with Crippen molar-refractivity contribution >= 4 is 17.0 Å². The molecule has 2 aromatic heterocycles. The zero-order valence-corrected chi connectivity index (χ0v) is 13.5. The molecule has 6 heteroatoms. The van der Waals surface area contributed by atoms with E-state index >= 15 is 0 Å². The Morgan fingerprint density at radius 1 is 1.25 bits per heavy atom. The average Bonchev–Trinajstić information content (AvgIpc) is 2.92. The van der Waals surface area contributed by atoms with Crippen molar-refractivity contribution in [1.82, 2.24) is 14.5 Å². The molecule has 0 unspecified atom stereocenters. The molecule has 0 fully saturated rings. The highest BCUT2D eigenvalue weighted by molar-refractivity contribution is 5.87. The quantitative estimate of drug-likeness (QED) is 0.729. The van der Waals surface area contributed by atoms with Crippen LogP contribution in [-0.4, -0.2) is 25.6 Å². The van der Waals surface area contributed by atoms with Crippen LogP contribution in [0.3, 0.4) is 0 Å². The van der Waals surface area contributed by atoms with E-state index < -0.39 is 5.97 Å². The molecule has 3 rings (SSSR count). The number of hydrogen-bond acceptors (Lipinski definition) is 3. The summed E-state index contributed by atoms with van der Waals surface area (Å²) in [4.78, 5) is 30.5. The van der Waals surface area contributed by atoms with Gasteiger partial charge >= 0.3 is 5.97 Å². The monoisotopic (exact) mass is 325 g/mol. The highest BCUT2D eigenvalue weighted by Crippen LogP contribution is 2.17. The number of unbranched alkanes of at least 4 members (excludes halogenated alkanes) is 1. The van der Waals surface area contributed by atoms with Crippen molar-refractivity contribution in [3.05, 3.63) is 63.8 Å². The lowest BCUT2D eigenvalue weighted by molar-refractivity contribution is 0.0697. The Balaban J connectivity index is 2.03. The number of fused-ring (bicyclic) bond motifs is 1. The number of pyridine rings is 1. The second-order valence-electron chi connectivity index (χ2n) is 5.76. The number of carbonyl (C=O) groups is 1. The fourth-order valence-corrected chi connectivity index (χ4v) is 2.77. The summed E-state index contributed by atoms with van der Waals surface area (Å²) in [5.41, 5.74) is 2.27. The van der Waals surface area contributed by atoms with E-state index in [1.54, 1.807) is 36.5 Å². The molecule has 0 radical (unpaired) electrons. The van der Waals surface area contributed by atoms with E-state index in [1.807, 2.05) is 4.57 Å². The van der Waals surface area contributed by atoms with Crippen molar-refractivity contribution in [2.45, 2.75) is 32.7 Å². The first-order valence-corrected chi connectivity index (χ1v) is 7.99. The van der Waals surface area contributed by atoms with Gasteiger partial charge in [-0.05, 0) is 30.2 Å². The number of aromatic nitrogens is 3. The smallest absolute Gasteiger partial charge is 0.335 e. The number of carboxylic acids is 1. The number of hydrogen-bond donors (Lipinski definition) is 2. The molecule has 124 valence electrons. The van der Waals surface area contributed by atoms with Gasteiger partial charge in [0.05, 0.1) is 11.1 Å². The Morgan fingerprint density at radius 3 is 2.67 bits per heavy atom. The number of benzene rings is 1. The number of aromatic amines is 1. The molecule has 2 N–H and O–H groups in total. The van der Waals surface area contributed by atoms with Gasteiger partial charge < -0.3 is 14.7 Å². The highest BCUT2D eigenvalue weighted by Gasteiger charge is 2.14. The summed E-state index contributed by atoms with van der Waals surface area (Å²) in [6.07, 6.45) is 4.46. The first-order chi connectivity index (χ1) is 11.6. The number of aryl methyl sites for hydroxylation is 1. The Kier molecular flexibility index (Phi) is 4.46. The van der Waals surface area contributed by atoms with Crippen LogP contribution in [-0.2, 0) is 13.0 Å². The SMILES string of the molecule is CCCCc1nc2cc[nH]c(=O)c2n1Cc1ccc(C(=O)O)cc1. The van der Waals surface area contributed by atoms with Crippen molar-refractivity contribution in [2.75, 3.05) is 0 Å². The second-order valence-corrected chi connectivity index (χ2v) is 5.76. The summed E-state index contributed by atoms with van der Waals surface area (Å²) in [6, 6.07) is 8.50. The van der Waals surface area contributed by atoms with Crippen LogP contribution >= 0.6 is 0 Å². The van der Waals surface area contributed by atoms with Gasteiger partial charge in [0.1, 0.15) is 11.3 Å². The fourth-order valence-electron chi connectivity index (χ4n) is 2.77. The summed E-state index contributed by atoms with van der Waals surface area (Å²) in [6.45, 7) is 2.60. The summed E-state index contributed by atoms with van der Waals surface area (Å²) in [7, 11) is 0. The van der Waals surface area contributed by atoms with Gasteiger partial charge in [-0.25, -0.2) is 9.78 Å². The molecule has 0 spiro atoms. The number of nitrogens with one attached hydrogen (secondary N) is 1. The lowest BCUT2D eigenvalue weighted by Gasteiger charge is -2.09. The minimum absolute atomic E-state index is 0.162. The normalized spacial score (nSPS) is 11.0. The summed E-state index contributed by atoms with van der Waals surface area (Å²) in [5.74, 6) is -0.0689. The Morgan fingerprint density at radius 2 is 2.00 bits per heavy atom. The molecule has 0 saturated carbocycles. The molecular formula is C18H19N3O3. The largest absolute Gasteiger partial charge is 0.478 e. The zero-order chi connectivity index (χ0) is 17.1. The number of rotatable bonds is 6. The molecule has 0 amide bonds. The molecule has 1 aromatic carbocycles. The van der Waals surface area contributed by atoms with Gasteiger partial charge in [-0.2, -0.15) is 0 Å². The first-order valence-electron chi connectivity index (χ1n) is 7.99. The van der Waals surface area contributed by atoms with Gasteiger partial charge in [-0.3, -0.25) is 4.79 Å². The van der Waals surface area contributed by atoms with Gasteiger partial charge in [-0.1, -0.05) is 25.5 Å². The number of H-pyrrole nitrogens is 1. The lowest BCUT2D eigenvalue weighted by Crippen LogP contribution is -2.13. The van der Waals surface area contributed by atoms with Crippen molar-refractivity contribution < 1.29 is 9.90 Å². The van der Waals surface area contributed by atoms with E-state index in [-0.39, 0.29) is 11.1 Å². The topological polar surface area (TPSA) is 88.0 Å². The van der Waals surface area contributed by atoms with Crippen LogP contribution in [0.2, 0.25) is 0 Å². The van der Waals surface area contributed by atoms with E-state index in [2.05, 4.69) is 16.9 Å². The Labute approximate surface area is 138 Å². The van der Waals surface area contributed by atoms with Gasteiger partial charge in [0.25, 0.3) is 5.56 Å². The van der Waals surface area contributed by atoms with Crippen molar-refractivity contribution in [3.63, 3.8) is 0 Å². The molecular weight excluding hydrogens is 306 g/mol. The van der Waals surface area contributed by atoms with Gasteiger partial charge in [0.15, 0.2) is 0 Å². The Bertz CT molecular complexity index is 923. The number of nitrogens with zero attached hydrogens (tertiary/aromatic N) is 2. The van der Waals surface area contributed by atoms with E-state index in [4.69, 9.17) is 5.11 Å². The summed E-state index contributed by atoms with van der Waals surface area (Å²) in [5, 5.41) is 8.99. The van der Waals surface area contributed by atoms with Gasteiger partial charge in [-0.15, -0.1) is 0 Å². The molecule has 3 aromatic rings. The molecule has 0 aliphatic heterocycles.